The Bertz CT molecular complexity index is 1600. The molecule has 13 heteroatoms. The summed E-state index contributed by atoms with van der Waals surface area (Å²) in [4.78, 5) is 36.2. The van der Waals surface area contributed by atoms with Gasteiger partial charge in [0, 0.05) is 36.6 Å². The minimum absolute atomic E-state index is 0.0465. The molecule has 2 aromatic carbocycles. The first-order chi connectivity index (χ1) is 19.1. The van der Waals surface area contributed by atoms with Crippen LogP contribution in [-0.4, -0.2) is 64.0 Å². The lowest BCUT2D eigenvalue weighted by Crippen LogP contribution is -2.47. The Morgan fingerprint density at radius 1 is 1.15 bits per heavy atom. The zero-order chi connectivity index (χ0) is 28.4. The molecule has 9 nitrogen and oxygen atoms in total. The Balaban J connectivity index is 1.52. The van der Waals surface area contributed by atoms with Gasteiger partial charge in [0.2, 0.25) is 5.91 Å². The molecule has 0 aliphatic carbocycles. The summed E-state index contributed by atoms with van der Waals surface area (Å²) in [5.41, 5.74) is -0.347. The Morgan fingerprint density at radius 3 is 2.62 bits per heavy atom. The molecule has 2 aromatic heterocycles. The number of fused-ring (bicyclic) bond motifs is 1. The molecule has 5 rings (SSSR count). The van der Waals surface area contributed by atoms with Crippen molar-refractivity contribution in [2.45, 2.75) is 19.3 Å². The van der Waals surface area contributed by atoms with Crippen molar-refractivity contribution in [3.05, 3.63) is 77.4 Å². The topological polar surface area (TPSA) is 98.6 Å². The van der Waals surface area contributed by atoms with Crippen LogP contribution in [0.1, 0.15) is 6.92 Å². The van der Waals surface area contributed by atoms with E-state index in [-0.39, 0.29) is 27.8 Å². The summed E-state index contributed by atoms with van der Waals surface area (Å²) in [5, 5.41) is 2.44. The number of nitrogens with one attached hydrogen (secondary N) is 1. The van der Waals surface area contributed by atoms with Gasteiger partial charge >= 0.3 is 6.36 Å². The van der Waals surface area contributed by atoms with E-state index in [1.54, 1.807) is 25.3 Å². The van der Waals surface area contributed by atoms with E-state index in [0.29, 0.717) is 31.9 Å². The lowest BCUT2D eigenvalue weighted by Gasteiger charge is -2.31. The van der Waals surface area contributed by atoms with E-state index in [4.69, 9.17) is 4.74 Å². The third kappa shape index (κ3) is 5.65. The van der Waals surface area contributed by atoms with Gasteiger partial charge in [-0.25, -0.2) is 9.37 Å². The summed E-state index contributed by atoms with van der Waals surface area (Å²) in [5.74, 6) is -1.94. The number of alkyl halides is 3. The number of rotatable bonds is 6. The molecule has 1 unspecified atom stereocenters. The maximum Gasteiger partial charge on any atom is 0.573 e. The van der Waals surface area contributed by atoms with Gasteiger partial charge in [0.15, 0.2) is 11.6 Å². The standard InChI is InChI=1S/C27H23F4N5O4/c1-16(35-9-11-39-12-10-35)25(37)34-21-13-18(4-7-22(21)40-27(29,30)31)36-15-33-24-20(26(36)38)6-5-19(23(24)28)17-3-2-8-32-14-17/h2-8,13-16H,9-12H2,1H3,(H,34,37). The molecule has 208 valence electrons. The summed E-state index contributed by atoms with van der Waals surface area (Å²) in [6, 6.07) is 8.85. The largest absolute Gasteiger partial charge is 0.573 e. The number of benzene rings is 2. The quantitative estimate of drug-likeness (QED) is 0.356. The van der Waals surface area contributed by atoms with E-state index < -0.39 is 35.4 Å². The number of pyridine rings is 1. The van der Waals surface area contributed by atoms with Gasteiger partial charge in [0.1, 0.15) is 11.8 Å². The first-order valence-electron chi connectivity index (χ1n) is 12.3. The Kier molecular flexibility index (Phi) is 7.50. The highest BCUT2D eigenvalue weighted by Crippen LogP contribution is 2.33. The van der Waals surface area contributed by atoms with Crippen LogP contribution in [0.4, 0.5) is 23.2 Å². The van der Waals surface area contributed by atoms with Gasteiger partial charge in [-0.1, -0.05) is 12.1 Å². The number of carbonyl (C=O) groups is 1. The fourth-order valence-corrected chi connectivity index (χ4v) is 4.44. The van der Waals surface area contributed by atoms with Gasteiger partial charge in [-0.3, -0.25) is 24.0 Å². The molecule has 1 N–H and O–H groups in total. The molecule has 0 spiro atoms. The highest BCUT2D eigenvalue weighted by molar-refractivity contribution is 5.96. The predicted octanol–water partition coefficient (Wildman–Crippen LogP) is 4.14. The smallest absolute Gasteiger partial charge is 0.404 e. The van der Waals surface area contributed by atoms with E-state index in [1.165, 1.54) is 30.5 Å². The van der Waals surface area contributed by atoms with Gasteiger partial charge < -0.3 is 14.8 Å². The van der Waals surface area contributed by atoms with Gasteiger partial charge in [-0.2, -0.15) is 0 Å². The molecule has 40 heavy (non-hydrogen) atoms. The second kappa shape index (κ2) is 11.0. The van der Waals surface area contributed by atoms with Crippen LogP contribution in [0.2, 0.25) is 0 Å². The number of carbonyl (C=O) groups excluding carboxylic acids is 1. The molecule has 1 saturated heterocycles. The lowest BCUT2D eigenvalue weighted by atomic mass is 10.0. The third-order valence-electron chi connectivity index (χ3n) is 6.54. The van der Waals surface area contributed by atoms with Crippen molar-refractivity contribution in [3.8, 4) is 22.6 Å². The van der Waals surface area contributed by atoms with Crippen molar-refractivity contribution < 1.29 is 31.8 Å². The number of ether oxygens (including phenoxy) is 2. The zero-order valence-corrected chi connectivity index (χ0v) is 21.1. The van der Waals surface area contributed by atoms with Crippen molar-refractivity contribution in [2.24, 2.45) is 0 Å². The molecular weight excluding hydrogens is 534 g/mol. The molecule has 1 atom stereocenters. The SMILES string of the molecule is CC(C(=O)Nc1cc(-n2cnc3c(F)c(-c4cccnc4)ccc3c2=O)ccc1OC(F)(F)F)N1CCOCC1. The number of aromatic nitrogens is 3. The van der Waals surface area contributed by atoms with Gasteiger partial charge in [-0.05, 0) is 37.3 Å². The van der Waals surface area contributed by atoms with Crippen molar-refractivity contribution in [3.63, 3.8) is 0 Å². The minimum Gasteiger partial charge on any atom is -0.404 e. The van der Waals surface area contributed by atoms with Crippen LogP contribution in [0, 0.1) is 5.82 Å². The second-order valence-corrected chi connectivity index (χ2v) is 9.03. The minimum atomic E-state index is -5.03. The van der Waals surface area contributed by atoms with E-state index in [9.17, 15) is 22.8 Å². The predicted molar refractivity (Wildman–Crippen MR) is 138 cm³/mol. The maximum atomic E-state index is 15.3. The highest BCUT2D eigenvalue weighted by Gasteiger charge is 2.33. The number of halogens is 4. The van der Waals surface area contributed by atoms with Crippen LogP contribution in [0.3, 0.4) is 0 Å². The number of hydrogen-bond donors (Lipinski definition) is 1. The first kappa shape index (κ1) is 27.2. The van der Waals surface area contributed by atoms with E-state index in [0.717, 1.165) is 17.0 Å². The summed E-state index contributed by atoms with van der Waals surface area (Å²) < 4.78 is 65.0. The second-order valence-electron chi connectivity index (χ2n) is 9.03. The number of morpholine rings is 1. The highest BCUT2D eigenvalue weighted by atomic mass is 19.4. The van der Waals surface area contributed by atoms with Crippen LogP contribution in [0.25, 0.3) is 27.7 Å². The normalized spacial score (nSPS) is 15.1. The number of nitrogens with zero attached hydrogens (tertiary/aromatic N) is 4. The molecule has 1 fully saturated rings. The number of amides is 1. The fourth-order valence-electron chi connectivity index (χ4n) is 4.44. The summed E-state index contributed by atoms with van der Waals surface area (Å²) in [7, 11) is 0. The number of hydrogen-bond acceptors (Lipinski definition) is 7. The van der Waals surface area contributed by atoms with Crippen LogP contribution >= 0.6 is 0 Å². The van der Waals surface area contributed by atoms with Crippen molar-refractivity contribution in [1.29, 1.82) is 0 Å². The zero-order valence-electron chi connectivity index (χ0n) is 21.1. The van der Waals surface area contributed by atoms with Gasteiger partial charge in [0.05, 0.1) is 36.0 Å². The van der Waals surface area contributed by atoms with Crippen LogP contribution < -0.4 is 15.6 Å². The molecule has 1 amide bonds. The van der Waals surface area contributed by atoms with Crippen molar-refractivity contribution in [2.75, 3.05) is 31.6 Å². The van der Waals surface area contributed by atoms with Crippen molar-refractivity contribution in [1.82, 2.24) is 19.4 Å². The Labute approximate surface area is 225 Å². The van der Waals surface area contributed by atoms with E-state index in [2.05, 4.69) is 20.0 Å². The average molecular weight is 558 g/mol. The van der Waals surface area contributed by atoms with Crippen LogP contribution in [-0.2, 0) is 9.53 Å². The average Bonchev–Trinajstić information content (AvgIpc) is 2.94. The molecule has 1 aliphatic rings. The Hall–Kier alpha value is -4.36. The molecular formula is C27H23F4N5O4. The summed E-state index contributed by atoms with van der Waals surface area (Å²) in [6.45, 7) is 3.45. The van der Waals surface area contributed by atoms with Gasteiger partial charge in [-0.15, -0.1) is 13.2 Å². The van der Waals surface area contributed by atoms with Crippen LogP contribution in [0.15, 0.2) is 66.0 Å². The van der Waals surface area contributed by atoms with Gasteiger partial charge in [0.25, 0.3) is 5.56 Å². The van der Waals surface area contributed by atoms with Crippen molar-refractivity contribution >= 4 is 22.5 Å². The number of anilines is 1. The molecule has 0 radical (unpaired) electrons. The van der Waals surface area contributed by atoms with Crippen LogP contribution in [0.5, 0.6) is 5.75 Å². The molecule has 0 saturated carbocycles. The first-order valence-corrected chi connectivity index (χ1v) is 12.3. The molecule has 4 aromatic rings. The Morgan fingerprint density at radius 2 is 1.93 bits per heavy atom. The third-order valence-corrected chi connectivity index (χ3v) is 6.54. The molecule has 1 aliphatic heterocycles. The monoisotopic (exact) mass is 557 g/mol. The summed E-state index contributed by atoms with van der Waals surface area (Å²) in [6.07, 6.45) is -0.930. The fraction of sp³-hybridized carbons (Fsp3) is 0.259. The van der Waals surface area contributed by atoms with E-state index >= 15 is 4.39 Å². The maximum absolute atomic E-state index is 15.3. The molecule has 3 heterocycles. The van der Waals surface area contributed by atoms with E-state index in [1.807, 2.05) is 4.90 Å². The molecule has 0 bridgehead atoms. The lowest BCUT2D eigenvalue weighted by molar-refractivity contribution is -0.274. The summed E-state index contributed by atoms with van der Waals surface area (Å²) >= 11 is 0.